The van der Waals surface area contributed by atoms with Crippen molar-refractivity contribution in [3.8, 4) is 0 Å². The number of fused-ring (bicyclic) bond motifs is 2. The Kier molecular flexibility index (Phi) is 4.39. The van der Waals surface area contributed by atoms with Gasteiger partial charge >= 0.3 is 0 Å². The van der Waals surface area contributed by atoms with Crippen LogP contribution in [0.15, 0.2) is 6.20 Å². The highest BCUT2D eigenvalue weighted by molar-refractivity contribution is 5.94. The van der Waals surface area contributed by atoms with Gasteiger partial charge in [-0.1, -0.05) is 6.42 Å². The molecule has 2 aromatic rings. The number of carbonyl (C=O) groups excluding carboxylic acids is 1. The molecule has 0 aromatic carbocycles. The number of carbonyl (C=O) groups is 1. The van der Waals surface area contributed by atoms with E-state index in [2.05, 4.69) is 20.5 Å². The summed E-state index contributed by atoms with van der Waals surface area (Å²) in [4.78, 5) is 24.4. The number of nitrogens with one attached hydrogen (secondary N) is 2. The summed E-state index contributed by atoms with van der Waals surface area (Å²) >= 11 is 0. The smallest absolute Gasteiger partial charge is 0.274 e. The Morgan fingerprint density at radius 2 is 2.07 bits per heavy atom. The second-order valence-electron chi connectivity index (χ2n) is 7.92. The van der Waals surface area contributed by atoms with Crippen molar-refractivity contribution < 1.29 is 4.79 Å². The van der Waals surface area contributed by atoms with Gasteiger partial charge in [-0.05, 0) is 45.1 Å². The van der Waals surface area contributed by atoms with Gasteiger partial charge in [-0.3, -0.25) is 9.89 Å². The van der Waals surface area contributed by atoms with Gasteiger partial charge < -0.3 is 10.2 Å². The average molecular weight is 366 g/mol. The van der Waals surface area contributed by atoms with Gasteiger partial charge in [0.25, 0.3) is 5.91 Å². The van der Waals surface area contributed by atoms with Gasteiger partial charge in [0.15, 0.2) is 5.69 Å². The molecule has 5 rings (SSSR count). The zero-order chi connectivity index (χ0) is 18.2. The Morgan fingerprint density at radius 3 is 2.96 bits per heavy atom. The minimum Gasteiger partial charge on any atom is -0.332 e. The number of hydrogen-bond donors (Lipinski definition) is 2. The lowest BCUT2D eigenvalue weighted by atomic mass is 9.95. The van der Waals surface area contributed by atoms with Crippen LogP contribution >= 0.6 is 0 Å². The summed E-state index contributed by atoms with van der Waals surface area (Å²) in [5, 5.41) is 10.9. The summed E-state index contributed by atoms with van der Waals surface area (Å²) in [6.45, 7) is 2.32. The average Bonchev–Trinajstić information content (AvgIpc) is 3.17. The van der Waals surface area contributed by atoms with E-state index in [1.54, 1.807) is 0 Å². The quantitative estimate of drug-likeness (QED) is 0.850. The minimum absolute atomic E-state index is 0.0399. The third kappa shape index (κ3) is 3.14. The maximum absolute atomic E-state index is 13.0. The Morgan fingerprint density at radius 1 is 1.15 bits per heavy atom. The van der Waals surface area contributed by atoms with Crippen LogP contribution in [0.4, 0.5) is 0 Å². The van der Waals surface area contributed by atoms with Gasteiger partial charge in [0.2, 0.25) is 0 Å². The van der Waals surface area contributed by atoms with Crippen molar-refractivity contribution in [3.05, 3.63) is 40.2 Å². The van der Waals surface area contributed by atoms with E-state index < -0.39 is 0 Å². The fourth-order valence-corrected chi connectivity index (χ4v) is 4.55. The molecule has 7 nitrogen and oxygen atoms in total. The standard InChI is InChI=1S/C20H26N6O/c27-20(18-14-5-1-2-6-16(14)24-25-18)26-10-8-15-13(12-26)11-22-19(23-15)17-7-3-4-9-21-17/h11,17,21H,1-10,12H2,(H,24,25)/t17-/m0/s1. The Hall–Kier alpha value is -2.28. The summed E-state index contributed by atoms with van der Waals surface area (Å²) < 4.78 is 0. The number of nitrogens with zero attached hydrogens (tertiary/aromatic N) is 4. The van der Waals surface area contributed by atoms with Gasteiger partial charge in [-0.15, -0.1) is 0 Å². The van der Waals surface area contributed by atoms with Crippen LogP contribution in [-0.4, -0.2) is 44.1 Å². The maximum atomic E-state index is 13.0. The fraction of sp³-hybridized carbons (Fsp3) is 0.600. The molecule has 1 aliphatic carbocycles. The molecular weight excluding hydrogens is 340 g/mol. The molecule has 2 aromatic heterocycles. The molecule has 142 valence electrons. The first-order chi connectivity index (χ1) is 13.3. The lowest BCUT2D eigenvalue weighted by Crippen LogP contribution is -2.37. The van der Waals surface area contributed by atoms with E-state index >= 15 is 0 Å². The highest BCUT2D eigenvalue weighted by Gasteiger charge is 2.29. The van der Waals surface area contributed by atoms with E-state index in [1.807, 2.05) is 11.1 Å². The van der Waals surface area contributed by atoms with E-state index in [9.17, 15) is 4.79 Å². The molecule has 0 bridgehead atoms. The summed E-state index contributed by atoms with van der Waals surface area (Å²) in [5.74, 6) is 0.952. The highest BCUT2D eigenvalue weighted by atomic mass is 16.2. The Bertz CT molecular complexity index is 854. The summed E-state index contributed by atoms with van der Waals surface area (Å²) in [6.07, 6.45) is 10.6. The number of amides is 1. The maximum Gasteiger partial charge on any atom is 0.274 e. The van der Waals surface area contributed by atoms with Crippen molar-refractivity contribution in [3.63, 3.8) is 0 Å². The second-order valence-corrected chi connectivity index (χ2v) is 7.92. The second kappa shape index (κ2) is 7.03. The number of aromatic amines is 1. The number of aromatic nitrogens is 4. The molecule has 0 radical (unpaired) electrons. The van der Waals surface area contributed by atoms with Crippen LogP contribution in [0.3, 0.4) is 0 Å². The van der Waals surface area contributed by atoms with Crippen LogP contribution in [0.5, 0.6) is 0 Å². The van der Waals surface area contributed by atoms with Crippen LogP contribution in [-0.2, 0) is 25.8 Å². The summed E-state index contributed by atoms with van der Waals surface area (Å²) in [6, 6.07) is 0.277. The van der Waals surface area contributed by atoms with Crippen molar-refractivity contribution in [1.29, 1.82) is 0 Å². The number of aryl methyl sites for hydroxylation is 1. The molecule has 2 N–H and O–H groups in total. The molecule has 1 atom stereocenters. The topological polar surface area (TPSA) is 86.8 Å². The Labute approximate surface area is 159 Å². The predicted octanol–water partition coefficient (Wildman–Crippen LogP) is 2.09. The van der Waals surface area contributed by atoms with Gasteiger partial charge in [-0.2, -0.15) is 5.10 Å². The SMILES string of the molecule is O=C(c1n[nH]c2c1CCCC2)N1CCc2nc([C@@H]3CCCCN3)ncc2C1. The lowest BCUT2D eigenvalue weighted by molar-refractivity contribution is 0.0725. The molecule has 3 aliphatic rings. The summed E-state index contributed by atoms with van der Waals surface area (Å²) in [5.41, 5.74) is 5.07. The van der Waals surface area contributed by atoms with Crippen molar-refractivity contribution in [1.82, 2.24) is 30.4 Å². The monoisotopic (exact) mass is 366 g/mol. The molecule has 0 saturated carbocycles. The molecule has 1 fully saturated rings. The van der Waals surface area contributed by atoms with Crippen LogP contribution in [0.25, 0.3) is 0 Å². The predicted molar refractivity (Wildman–Crippen MR) is 100 cm³/mol. The largest absolute Gasteiger partial charge is 0.332 e. The zero-order valence-corrected chi connectivity index (χ0v) is 15.6. The number of piperidine rings is 1. The molecule has 1 saturated heterocycles. The molecule has 7 heteroatoms. The van der Waals surface area contributed by atoms with Crippen molar-refractivity contribution in [2.24, 2.45) is 0 Å². The summed E-state index contributed by atoms with van der Waals surface area (Å²) in [7, 11) is 0. The van der Waals surface area contributed by atoms with E-state index in [0.29, 0.717) is 18.8 Å². The van der Waals surface area contributed by atoms with Crippen LogP contribution in [0.1, 0.15) is 77.0 Å². The van der Waals surface area contributed by atoms with Crippen LogP contribution in [0.2, 0.25) is 0 Å². The molecule has 2 aliphatic heterocycles. The van der Waals surface area contributed by atoms with E-state index in [4.69, 9.17) is 4.98 Å². The van der Waals surface area contributed by atoms with Gasteiger partial charge in [-0.25, -0.2) is 9.97 Å². The molecule has 0 unspecified atom stereocenters. The third-order valence-corrected chi connectivity index (χ3v) is 6.12. The first kappa shape index (κ1) is 16.9. The minimum atomic E-state index is 0.0399. The van der Waals surface area contributed by atoms with E-state index in [-0.39, 0.29) is 11.9 Å². The molecular formula is C20H26N6O. The fourth-order valence-electron chi connectivity index (χ4n) is 4.55. The van der Waals surface area contributed by atoms with Crippen LogP contribution < -0.4 is 5.32 Å². The molecule has 27 heavy (non-hydrogen) atoms. The molecule has 0 spiro atoms. The first-order valence-corrected chi connectivity index (χ1v) is 10.2. The van der Waals surface area contributed by atoms with Crippen molar-refractivity contribution in [2.45, 2.75) is 64.0 Å². The Balaban J connectivity index is 1.33. The first-order valence-electron chi connectivity index (χ1n) is 10.2. The number of hydrogen-bond acceptors (Lipinski definition) is 5. The van der Waals surface area contributed by atoms with Gasteiger partial charge in [0, 0.05) is 42.5 Å². The third-order valence-electron chi connectivity index (χ3n) is 6.12. The van der Waals surface area contributed by atoms with Gasteiger partial charge in [0.1, 0.15) is 5.82 Å². The van der Waals surface area contributed by atoms with E-state index in [1.165, 1.54) is 19.3 Å². The highest BCUT2D eigenvalue weighted by Crippen LogP contribution is 2.26. The van der Waals surface area contributed by atoms with E-state index in [0.717, 1.165) is 67.0 Å². The lowest BCUT2D eigenvalue weighted by Gasteiger charge is -2.29. The molecule has 1 amide bonds. The zero-order valence-electron chi connectivity index (χ0n) is 15.6. The van der Waals surface area contributed by atoms with Crippen LogP contribution in [0, 0.1) is 0 Å². The number of rotatable bonds is 2. The van der Waals surface area contributed by atoms with Crippen molar-refractivity contribution >= 4 is 5.91 Å². The number of H-pyrrole nitrogens is 1. The van der Waals surface area contributed by atoms with Gasteiger partial charge in [0.05, 0.1) is 11.7 Å². The normalized spacial score (nSPS) is 22.2. The van der Waals surface area contributed by atoms with Crippen molar-refractivity contribution in [2.75, 3.05) is 13.1 Å². The molecule has 4 heterocycles.